The molecule has 0 radical (unpaired) electrons. The van der Waals surface area contributed by atoms with Crippen LogP contribution in [0.3, 0.4) is 0 Å². The molecule has 0 saturated heterocycles. The monoisotopic (exact) mass is 437 g/mol. The van der Waals surface area contributed by atoms with E-state index in [1.54, 1.807) is 18.2 Å². The summed E-state index contributed by atoms with van der Waals surface area (Å²) in [6.45, 7) is -0.638. The van der Waals surface area contributed by atoms with E-state index < -0.39 is 28.5 Å². The summed E-state index contributed by atoms with van der Waals surface area (Å²) in [4.78, 5) is 23.4. The van der Waals surface area contributed by atoms with Gasteiger partial charge >= 0.3 is 11.9 Å². The minimum absolute atomic E-state index is 0.0890. The van der Waals surface area contributed by atoms with Crippen molar-refractivity contribution in [2.45, 2.75) is 11.4 Å². The summed E-state index contributed by atoms with van der Waals surface area (Å²) >= 11 is 0. The van der Waals surface area contributed by atoms with Crippen molar-refractivity contribution < 1.29 is 37.0 Å². The summed E-state index contributed by atoms with van der Waals surface area (Å²) in [6.07, 6.45) is 0. The summed E-state index contributed by atoms with van der Waals surface area (Å²) in [5.74, 6) is -0.363. The summed E-state index contributed by atoms with van der Waals surface area (Å²) in [7, 11) is 1.26. The average Bonchev–Trinajstić information content (AvgIpc) is 2.77. The zero-order chi connectivity index (χ0) is 22.3. The minimum atomic E-state index is -4.09. The van der Waals surface area contributed by atoms with Crippen LogP contribution in [0.4, 0.5) is 0 Å². The van der Waals surface area contributed by atoms with Crippen LogP contribution in [0.25, 0.3) is 0 Å². The Labute approximate surface area is 175 Å². The quantitative estimate of drug-likeness (QED) is 0.547. The van der Waals surface area contributed by atoms with Crippen molar-refractivity contribution in [3.8, 4) is 11.5 Å². The van der Waals surface area contributed by atoms with Gasteiger partial charge in [-0.05, 0) is 42.0 Å². The van der Waals surface area contributed by atoms with Crippen molar-refractivity contribution in [1.82, 2.24) is 4.31 Å². The highest BCUT2D eigenvalue weighted by Crippen LogP contribution is 2.26. The maximum atomic E-state index is 13.2. The number of benzene rings is 2. The number of esters is 2. The fourth-order valence-corrected chi connectivity index (χ4v) is 4.00. The molecular formula is C20H23NO8S. The predicted molar refractivity (Wildman–Crippen MR) is 107 cm³/mol. The van der Waals surface area contributed by atoms with E-state index in [4.69, 9.17) is 9.47 Å². The van der Waals surface area contributed by atoms with Gasteiger partial charge in [0.25, 0.3) is 0 Å². The van der Waals surface area contributed by atoms with E-state index in [2.05, 4.69) is 9.47 Å². The van der Waals surface area contributed by atoms with Gasteiger partial charge in [0.05, 0.1) is 38.9 Å². The number of nitrogens with zero attached hydrogens (tertiary/aromatic N) is 1. The Balaban J connectivity index is 2.42. The highest BCUT2D eigenvalue weighted by atomic mass is 32.2. The minimum Gasteiger partial charge on any atom is -0.497 e. The zero-order valence-electron chi connectivity index (χ0n) is 17.1. The van der Waals surface area contributed by atoms with Crippen LogP contribution in [0.2, 0.25) is 0 Å². The van der Waals surface area contributed by atoms with E-state index >= 15 is 0 Å². The molecule has 0 aliphatic rings. The molecule has 162 valence electrons. The Morgan fingerprint density at radius 1 is 0.867 bits per heavy atom. The van der Waals surface area contributed by atoms with Crippen molar-refractivity contribution in [1.29, 1.82) is 0 Å². The van der Waals surface area contributed by atoms with Gasteiger partial charge in [0, 0.05) is 12.6 Å². The lowest BCUT2D eigenvalue weighted by molar-refractivity contribution is -0.140. The Morgan fingerprint density at radius 3 is 1.90 bits per heavy atom. The molecule has 2 rings (SSSR count). The number of carbonyl (C=O) groups is 2. The van der Waals surface area contributed by atoms with Crippen molar-refractivity contribution in [2.24, 2.45) is 0 Å². The van der Waals surface area contributed by atoms with Crippen molar-refractivity contribution in [3.05, 3.63) is 53.6 Å². The Morgan fingerprint density at radius 2 is 1.43 bits per heavy atom. The van der Waals surface area contributed by atoms with Gasteiger partial charge in [-0.2, -0.15) is 4.31 Å². The van der Waals surface area contributed by atoms with Gasteiger partial charge in [0.1, 0.15) is 18.0 Å². The second-order valence-electron chi connectivity index (χ2n) is 6.09. The summed E-state index contributed by atoms with van der Waals surface area (Å²) in [6, 6.07) is 10.2. The van der Waals surface area contributed by atoms with Crippen LogP contribution in [0.1, 0.15) is 15.9 Å². The summed E-state index contributed by atoms with van der Waals surface area (Å²) in [5.41, 5.74) is 0.748. The molecular weight excluding hydrogens is 414 g/mol. The van der Waals surface area contributed by atoms with Gasteiger partial charge in [-0.1, -0.05) is 0 Å². The molecule has 0 unspecified atom stereocenters. The summed E-state index contributed by atoms with van der Waals surface area (Å²) in [5, 5.41) is 0. The Kier molecular flexibility index (Phi) is 7.79. The molecule has 0 aromatic heterocycles. The number of rotatable bonds is 9. The molecule has 10 heteroatoms. The number of hydrogen-bond donors (Lipinski definition) is 0. The van der Waals surface area contributed by atoms with Gasteiger partial charge in [-0.25, -0.2) is 13.2 Å². The van der Waals surface area contributed by atoms with E-state index in [9.17, 15) is 18.0 Å². The van der Waals surface area contributed by atoms with Crippen LogP contribution >= 0.6 is 0 Å². The lowest BCUT2D eigenvalue weighted by atomic mass is 10.2. The third-order valence-electron chi connectivity index (χ3n) is 4.22. The molecule has 0 N–H and O–H groups in total. The first-order valence-corrected chi connectivity index (χ1v) is 10.2. The van der Waals surface area contributed by atoms with Gasteiger partial charge < -0.3 is 18.9 Å². The first-order chi connectivity index (χ1) is 14.2. The number of carbonyl (C=O) groups excluding carboxylic acids is 2. The van der Waals surface area contributed by atoms with E-state index in [0.717, 1.165) is 4.31 Å². The molecule has 0 amide bonds. The van der Waals surface area contributed by atoms with Crippen molar-refractivity contribution >= 4 is 22.0 Å². The molecule has 0 spiro atoms. The van der Waals surface area contributed by atoms with E-state index in [1.807, 2.05) is 0 Å². The molecule has 0 saturated carbocycles. The normalized spacial score (nSPS) is 11.1. The molecule has 0 bridgehead atoms. The molecule has 9 nitrogen and oxygen atoms in total. The lowest BCUT2D eigenvalue weighted by Gasteiger charge is -2.22. The van der Waals surface area contributed by atoms with Crippen LogP contribution in [-0.2, 0) is 30.8 Å². The maximum Gasteiger partial charge on any atom is 0.337 e. The number of sulfonamides is 1. The third kappa shape index (κ3) is 5.49. The van der Waals surface area contributed by atoms with Gasteiger partial charge in [0.15, 0.2) is 0 Å². The SMILES string of the molecule is COC(=O)CN(Cc1cc(OC)cc(OC)c1)S(=O)(=O)c1ccc(C(=O)OC)cc1. The van der Waals surface area contributed by atoms with Crippen LogP contribution in [-0.4, -0.2) is 59.6 Å². The average molecular weight is 437 g/mol. The topological polar surface area (TPSA) is 108 Å². The summed E-state index contributed by atoms with van der Waals surface area (Å²) < 4.78 is 47.0. The molecule has 0 aliphatic heterocycles. The van der Waals surface area contributed by atoms with Crippen molar-refractivity contribution in [2.75, 3.05) is 35.0 Å². The molecule has 2 aromatic rings. The molecule has 0 fully saturated rings. The van der Waals surface area contributed by atoms with Crippen LogP contribution in [0.15, 0.2) is 47.4 Å². The molecule has 2 aromatic carbocycles. The van der Waals surface area contributed by atoms with E-state index in [-0.39, 0.29) is 17.0 Å². The highest BCUT2D eigenvalue weighted by molar-refractivity contribution is 7.89. The maximum absolute atomic E-state index is 13.2. The molecule has 0 heterocycles. The largest absolute Gasteiger partial charge is 0.497 e. The number of methoxy groups -OCH3 is 4. The van der Waals surface area contributed by atoms with Crippen LogP contribution < -0.4 is 9.47 Å². The lowest BCUT2D eigenvalue weighted by Crippen LogP contribution is -2.35. The Hall–Kier alpha value is -3.11. The first kappa shape index (κ1) is 23.2. The number of hydrogen-bond acceptors (Lipinski definition) is 8. The predicted octanol–water partition coefficient (Wildman–Crippen LogP) is 1.85. The second kappa shape index (κ2) is 10.1. The smallest absolute Gasteiger partial charge is 0.337 e. The standard InChI is InChI=1S/C20H23NO8S/c1-26-16-9-14(10-17(11-16)27-2)12-21(13-19(22)28-3)30(24,25)18-7-5-15(6-8-18)20(23)29-4/h5-11H,12-13H2,1-4H3. The first-order valence-electron chi connectivity index (χ1n) is 8.72. The second-order valence-corrected chi connectivity index (χ2v) is 8.02. The zero-order valence-corrected chi connectivity index (χ0v) is 17.9. The fraction of sp³-hybridized carbons (Fsp3) is 0.300. The number of ether oxygens (including phenoxy) is 4. The van der Waals surface area contributed by atoms with Crippen LogP contribution in [0, 0.1) is 0 Å². The van der Waals surface area contributed by atoms with Crippen LogP contribution in [0.5, 0.6) is 11.5 Å². The van der Waals surface area contributed by atoms with E-state index in [0.29, 0.717) is 17.1 Å². The van der Waals surface area contributed by atoms with Gasteiger partial charge in [-0.3, -0.25) is 4.79 Å². The van der Waals surface area contributed by atoms with Gasteiger partial charge in [0.2, 0.25) is 10.0 Å². The Bertz CT molecular complexity index is 980. The fourth-order valence-electron chi connectivity index (χ4n) is 2.63. The molecule has 0 aliphatic carbocycles. The van der Waals surface area contributed by atoms with Gasteiger partial charge in [-0.15, -0.1) is 0 Å². The third-order valence-corrected chi connectivity index (χ3v) is 6.02. The van der Waals surface area contributed by atoms with E-state index in [1.165, 1.54) is 52.7 Å². The molecule has 30 heavy (non-hydrogen) atoms. The highest BCUT2D eigenvalue weighted by Gasteiger charge is 2.28. The van der Waals surface area contributed by atoms with Crippen molar-refractivity contribution in [3.63, 3.8) is 0 Å². The molecule has 0 atom stereocenters.